The van der Waals surface area contributed by atoms with E-state index in [-0.39, 0.29) is 74.9 Å². The number of rotatable bonds is 7. The van der Waals surface area contributed by atoms with Crippen molar-refractivity contribution in [3.05, 3.63) is 47.1 Å². The Balaban J connectivity index is 1.24. The number of pyridine rings is 1. The predicted molar refractivity (Wildman–Crippen MR) is 163 cm³/mol. The van der Waals surface area contributed by atoms with Crippen molar-refractivity contribution in [1.29, 1.82) is 0 Å². The standard InChI is InChI=1S/C29H36ClF2N5O8S/c1-28(2,3)45-26(39)35-12-13-43-23(17-35)29(31,32)19-14-24(30)33-25(15-19)34-8-10-36(11-9-34)46(41,42)22-6-4-20(5-7-22)37-16-21(18-38)44-27(37)40/h4-7,14-15,21,23,38H,8-13,16-18H2,1-3H3/t21?,23-/m0/s1. The number of cyclic esters (lactones) is 1. The molecule has 5 rings (SSSR count). The molecule has 0 radical (unpaired) electrons. The summed E-state index contributed by atoms with van der Waals surface area (Å²) in [5.41, 5.74) is -0.799. The Morgan fingerprint density at radius 3 is 2.37 bits per heavy atom. The highest BCUT2D eigenvalue weighted by Gasteiger charge is 2.47. The Morgan fingerprint density at radius 2 is 1.76 bits per heavy atom. The molecular weight excluding hydrogens is 652 g/mol. The molecule has 3 saturated heterocycles. The molecule has 2 atom stereocenters. The lowest BCUT2D eigenvalue weighted by atomic mass is 10.0. The van der Waals surface area contributed by atoms with E-state index in [0.29, 0.717) is 5.69 Å². The number of ether oxygens (including phenoxy) is 3. The molecule has 2 amide bonds. The van der Waals surface area contributed by atoms with E-state index in [1.807, 2.05) is 0 Å². The van der Waals surface area contributed by atoms with Gasteiger partial charge in [0.25, 0.3) is 0 Å². The molecule has 2 aromatic rings. The molecule has 4 heterocycles. The van der Waals surface area contributed by atoms with Crippen LogP contribution in [0.2, 0.25) is 5.15 Å². The van der Waals surface area contributed by atoms with Crippen molar-refractivity contribution in [2.75, 3.05) is 68.8 Å². The first-order valence-electron chi connectivity index (χ1n) is 14.7. The number of hydrogen-bond acceptors (Lipinski definition) is 10. The average Bonchev–Trinajstić information content (AvgIpc) is 3.40. The van der Waals surface area contributed by atoms with E-state index in [1.54, 1.807) is 25.7 Å². The summed E-state index contributed by atoms with van der Waals surface area (Å²) in [4.78, 5) is 33.0. The molecule has 17 heteroatoms. The third kappa shape index (κ3) is 7.30. The summed E-state index contributed by atoms with van der Waals surface area (Å²) in [5.74, 6) is -3.38. The lowest BCUT2D eigenvalue weighted by Crippen LogP contribution is -2.52. The van der Waals surface area contributed by atoms with Gasteiger partial charge in [-0.25, -0.2) is 23.0 Å². The maximum absolute atomic E-state index is 15.8. The fourth-order valence-corrected chi connectivity index (χ4v) is 6.94. The summed E-state index contributed by atoms with van der Waals surface area (Å²) >= 11 is 6.18. The molecule has 3 aliphatic heterocycles. The number of aromatic nitrogens is 1. The summed E-state index contributed by atoms with van der Waals surface area (Å²) in [6.45, 7) is 4.94. The van der Waals surface area contributed by atoms with Crippen molar-refractivity contribution in [2.45, 2.75) is 49.4 Å². The highest BCUT2D eigenvalue weighted by atomic mass is 35.5. The van der Waals surface area contributed by atoms with Gasteiger partial charge in [0.05, 0.1) is 31.2 Å². The largest absolute Gasteiger partial charge is 0.444 e. The quantitative estimate of drug-likeness (QED) is 0.431. The van der Waals surface area contributed by atoms with Gasteiger partial charge in [0, 0.05) is 44.0 Å². The zero-order valence-corrected chi connectivity index (χ0v) is 27.1. The number of aliphatic hydroxyl groups excluding tert-OH is 1. The van der Waals surface area contributed by atoms with E-state index in [9.17, 15) is 23.1 Å². The van der Waals surface area contributed by atoms with Crippen LogP contribution in [-0.4, -0.2) is 117 Å². The van der Waals surface area contributed by atoms with E-state index >= 15 is 8.78 Å². The van der Waals surface area contributed by atoms with Crippen molar-refractivity contribution in [3.63, 3.8) is 0 Å². The van der Waals surface area contributed by atoms with Crippen LogP contribution >= 0.6 is 11.6 Å². The average molecular weight is 688 g/mol. The van der Waals surface area contributed by atoms with Gasteiger partial charge in [-0.2, -0.15) is 13.1 Å². The number of carbonyl (C=O) groups excluding carboxylic acids is 2. The molecular formula is C29H36ClF2N5O8S. The van der Waals surface area contributed by atoms with Crippen molar-refractivity contribution in [1.82, 2.24) is 14.2 Å². The number of nitrogens with zero attached hydrogens (tertiary/aromatic N) is 5. The third-order valence-corrected chi connectivity index (χ3v) is 9.82. The van der Waals surface area contributed by atoms with Crippen LogP contribution in [0.1, 0.15) is 26.3 Å². The van der Waals surface area contributed by atoms with Gasteiger partial charge in [0.2, 0.25) is 10.0 Å². The molecule has 1 unspecified atom stereocenters. The highest BCUT2D eigenvalue weighted by molar-refractivity contribution is 7.89. The molecule has 0 saturated carbocycles. The Labute approximate surface area is 270 Å². The molecule has 0 aliphatic carbocycles. The molecule has 0 bridgehead atoms. The lowest BCUT2D eigenvalue weighted by Gasteiger charge is -2.38. The molecule has 1 aromatic carbocycles. The van der Waals surface area contributed by atoms with E-state index < -0.39 is 51.5 Å². The number of benzene rings is 1. The van der Waals surface area contributed by atoms with Crippen LogP contribution in [0.25, 0.3) is 0 Å². The van der Waals surface area contributed by atoms with Gasteiger partial charge < -0.3 is 29.1 Å². The van der Waals surface area contributed by atoms with Crippen LogP contribution in [0.4, 0.5) is 29.9 Å². The zero-order chi connectivity index (χ0) is 33.4. The van der Waals surface area contributed by atoms with Crippen molar-refractivity contribution < 1.29 is 46.1 Å². The first kappa shape index (κ1) is 34.0. The van der Waals surface area contributed by atoms with Gasteiger partial charge >= 0.3 is 18.1 Å². The van der Waals surface area contributed by atoms with Crippen LogP contribution in [0, 0.1) is 0 Å². The third-order valence-electron chi connectivity index (χ3n) is 7.71. The molecule has 3 aliphatic rings. The summed E-state index contributed by atoms with van der Waals surface area (Å²) in [6.07, 6.45) is -3.64. The summed E-state index contributed by atoms with van der Waals surface area (Å²) in [7, 11) is -3.91. The lowest BCUT2D eigenvalue weighted by molar-refractivity contribution is -0.170. The maximum atomic E-state index is 15.8. The number of aliphatic hydroxyl groups is 1. The number of morpholine rings is 1. The minimum atomic E-state index is -3.91. The van der Waals surface area contributed by atoms with E-state index in [4.69, 9.17) is 25.8 Å². The number of amides is 2. The van der Waals surface area contributed by atoms with Gasteiger partial charge in [0.15, 0.2) is 0 Å². The highest BCUT2D eigenvalue weighted by Crippen LogP contribution is 2.38. The Kier molecular flexibility index (Phi) is 9.67. The Bertz CT molecular complexity index is 1550. The van der Waals surface area contributed by atoms with E-state index in [0.717, 1.165) is 6.07 Å². The Morgan fingerprint density at radius 1 is 1.09 bits per heavy atom. The summed E-state index contributed by atoms with van der Waals surface area (Å²) < 4.78 is 75.4. The van der Waals surface area contributed by atoms with Gasteiger partial charge in [-0.15, -0.1) is 0 Å². The zero-order valence-electron chi connectivity index (χ0n) is 25.6. The second-order valence-corrected chi connectivity index (χ2v) is 14.5. The number of hydrogen-bond donors (Lipinski definition) is 1. The number of sulfonamides is 1. The van der Waals surface area contributed by atoms with Gasteiger partial charge in [-0.1, -0.05) is 11.6 Å². The summed E-state index contributed by atoms with van der Waals surface area (Å²) in [5, 5.41) is 9.08. The monoisotopic (exact) mass is 687 g/mol. The minimum Gasteiger partial charge on any atom is -0.444 e. The predicted octanol–water partition coefficient (Wildman–Crippen LogP) is 3.29. The fraction of sp³-hybridized carbons (Fsp3) is 0.552. The number of halogens is 3. The number of anilines is 2. The molecule has 1 N–H and O–H groups in total. The van der Waals surface area contributed by atoms with Crippen molar-refractivity contribution in [3.8, 4) is 0 Å². The normalized spacial score (nSPS) is 21.8. The van der Waals surface area contributed by atoms with E-state index in [2.05, 4.69) is 4.98 Å². The second-order valence-electron chi connectivity index (χ2n) is 12.1. The maximum Gasteiger partial charge on any atom is 0.414 e. The molecule has 1 aromatic heterocycles. The van der Waals surface area contributed by atoms with Crippen LogP contribution in [-0.2, 0) is 30.2 Å². The molecule has 3 fully saturated rings. The van der Waals surface area contributed by atoms with Crippen LogP contribution in [0.3, 0.4) is 0 Å². The Hall–Kier alpha value is -3.31. The number of alkyl halides is 2. The minimum absolute atomic E-state index is 0.0201. The molecule has 0 spiro atoms. The van der Waals surface area contributed by atoms with Gasteiger partial charge in [-0.05, 0) is 57.2 Å². The SMILES string of the molecule is CC(C)(C)OC(=O)N1CCO[C@H](C(F)(F)c2cc(Cl)nc(N3CCN(S(=O)(=O)c4ccc(N5CC(CO)OC5=O)cc4)CC3)c2)C1. The van der Waals surface area contributed by atoms with Crippen LogP contribution < -0.4 is 9.80 Å². The molecule has 252 valence electrons. The fourth-order valence-electron chi connectivity index (χ4n) is 5.32. The first-order chi connectivity index (χ1) is 21.6. The van der Waals surface area contributed by atoms with Crippen molar-refractivity contribution in [2.24, 2.45) is 0 Å². The van der Waals surface area contributed by atoms with Crippen molar-refractivity contribution >= 4 is 45.3 Å². The summed E-state index contributed by atoms with van der Waals surface area (Å²) in [6, 6.07) is 8.02. The van der Waals surface area contributed by atoms with Crippen LogP contribution in [0.15, 0.2) is 41.3 Å². The van der Waals surface area contributed by atoms with E-state index in [1.165, 1.54) is 44.4 Å². The number of piperazine rings is 1. The molecule has 46 heavy (non-hydrogen) atoms. The van der Waals surface area contributed by atoms with Crippen LogP contribution in [0.5, 0.6) is 0 Å². The van der Waals surface area contributed by atoms with Gasteiger partial charge in [-0.3, -0.25) is 4.90 Å². The molecule has 13 nitrogen and oxygen atoms in total. The number of carbonyl (C=O) groups is 2. The smallest absolute Gasteiger partial charge is 0.414 e. The second kappa shape index (κ2) is 13.1. The van der Waals surface area contributed by atoms with Gasteiger partial charge in [0.1, 0.15) is 28.8 Å². The topological polar surface area (TPSA) is 142 Å². The first-order valence-corrected chi connectivity index (χ1v) is 16.5.